The maximum absolute atomic E-state index is 12.7. The summed E-state index contributed by atoms with van der Waals surface area (Å²) in [6.07, 6.45) is 7.54. The molecule has 0 saturated heterocycles. The molecule has 1 aromatic carbocycles. The van der Waals surface area contributed by atoms with E-state index in [1.807, 2.05) is 30.3 Å². The van der Waals surface area contributed by atoms with Crippen molar-refractivity contribution in [3.63, 3.8) is 0 Å². The molecule has 1 aliphatic rings. The Balaban J connectivity index is 1.50. The molecule has 1 fully saturated rings. The lowest BCUT2D eigenvalue weighted by molar-refractivity contribution is -0.122. The molecule has 162 valence electrons. The van der Waals surface area contributed by atoms with Crippen LogP contribution in [0.3, 0.4) is 0 Å². The zero-order chi connectivity index (χ0) is 21.2. The van der Waals surface area contributed by atoms with Crippen LogP contribution >= 0.6 is 11.3 Å². The normalized spacial score (nSPS) is 18.6. The molecule has 2 aromatic rings. The molecule has 3 rings (SSSR count). The lowest BCUT2D eigenvalue weighted by Crippen LogP contribution is -2.53. The molecule has 30 heavy (non-hydrogen) atoms. The minimum Gasteiger partial charge on any atom is -0.486 e. The number of thiazole rings is 1. The van der Waals surface area contributed by atoms with Crippen molar-refractivity contribution in [1.29, 1.82) is 0 Å². The number of amides is 2. The number of benzene rings is 1. The van der Waals surface area contributed by atoms with Crippen LogP contribution < -0.4 is 15.4 Å². The number of nitrogens with one attached hydrogen (secondary N) is 2. The largest absolute Gasteiger partial charge is 0.486 e. The Labute approximate surface area is 182 Å². The molecule has 2 atom stereocenters. The van der Waals surface area contributed by atoms with Crippen LogP contribution in [0.15, 0.2) is 35.7 Å². The summed E-state index contributed by atoms with van der Waals surface area (Å²) in [6.45, 7) is 2.46. The van der Waals surface area contributed by atoms with E-state index in [1.165, 1.54) is 11.3 Å². The van der Waals surface area contributed by atoms with Crippen LogP contribution in [0, 0.1) is 0 Å². The van der Waals surface area contributed by atoms with Gasteiger partial charge in [0.15, 0.2) is 0 Å². The first kappa shape index (κ1) is 22.3. The van der Waals surface area contributed by atoms with Crippen molar-refractivity contribution in [2.45, 2.75) is 77.0 Å². The summed E-state index contributed by atoms with van der Waals surface area (Å²) in [5.41, 5.74) is 0.408. The molecule has 2 N–H and O–H groups in total. The van der Waals surface area contributed by atoms with Gasteiger partial charge in [0, 0.05) is 23.9 Å². The van der Waals surface area contributed by atoms with Gasteiger partial charge in [-0.25, -0.2) is 4.98 Å². The molecule has 1 saturated carbocycles. The molecule has 0 unspecified atom stereocenters. The molecular weight excluding hydrogens is 398 g/mol. The first-order valence-corrected chi connectivity index (χ1v) is 11.8. The summed E-state index contributed by atoms with van der Waals surface area (Å²) in [6, 6.07) is 9.49. The summed E-state index contributed by atoms with van der Waals surface area (Å²) in [7, 11) is 0. The fraction of sp³-hybridized carbons (Fsp3) is 0.522. The van der Waals surface area contributed by atoms with Crippen LogP contribution in [0.25, 0.3) is 0 Å². The molecule has 1 heterocycles. The van der Waals surface area contributed by atoms with E-state index < -0.39 is 0 Å². The average molecular weight is 430 g/mol. The Bertz CT molecular complexity index is 809. The number of carbonyl (C=O) groups excluding carboxylic acids is 2. The minimum absolute atomic E-state index is 0.00338. The van der Waals surface area contributed by atoms with Crippen LogP contribution in [0.2, 0.25) is 0 Å². The summed E-state index contributed by atoms with van der Waals surface area (Å²) in [4.78, 5) is 29.4. The third kappa shape index (κ3) is 6.83. The fourth-order valence-corrected chi connectivity index (χ4v) is 4.36. The molecule has 6 nitrogen and oxygen atoms in total. The van der Waals surface area contributed by atoms with Gasteiger partial charge in [-0.15, -0.1) is 11.3 Å². The zero-order valence-electron chi connectivity index (χ0n) is 17.6. The lowest BCUT2D eigenvalue weighted by Gasteiger charge is -2.32. The fourth-order valence-electron chi connectivity index (χ4n) is 3.68. The number of para-hydroxylation sites is 1. The number of nitrogens with zero attached hydrogens (tertiary/aromatic N) is 1. The second-order valence-corrected chi connectivity index (χ2v) is 8.67. The van der Waals surface area contributed by atoms with E-state index in [0.717, 1.165) is 55.7 Å². The first-order chi connectivity index (χ1) is 14.7. The van der Waals surface area contributed by atoms with Gasteiger partial charge in [-0.1, -0.05) is 50.8 Å². The molecule has 1 aromatic heterocycles. The number of rotatable bonds is 10. The van der Waals surface area contributed by atoms with Gasteiger partial charge in [0.1, 0.15) is 23.1 Å². The molecule has 2 amide bonds. The van der Waals surface area contributed by atoms with Gasteiger partial charge in [-0.3, -0.25) is 9.59 Å². The van der Waals surface area contributed by atoms with Gasteiger partial charge in [-0.05, 0) is 31.4 Å². The Morgan fingerprint density at radius 1 is 1.10 bits per heavy atom. The highest BCUT2D eigenvalue weighted by atomic mass is 32.1. The third-order valence-corrected chi connectivity index (χ3v) is 6.15. The summed E-state index contributed by atoms with van der Waals surface area (Å²) < 4.78 is 5.70. The second kappa shape index (κ2) is 11.7. The maximum Gasteiger partial charge on any atom is 0.271 e. The third-order valence-electron chi connectivity index (χ3n) is 5.33. The van der Waals surface area contributed by atoms with E-state index in [0.29, 0.717) is 18.7 Å². The number of ether oxygens (including phenoxy) is 1. The smallest absolute Gasteiger partial charge is 0.271 e. The van der Waals surface area contributed by atoms with Gasteiger partial charge in [0.25, 0.3) is 5.91 Å². The van der Waals surface area contributed by atoms with Crippen molar-refractivity contribution in [1.82, 2.24) is 15.6 Å². The molecule has 0 bridgehead atoms. The molecular formula is C23H31N3O3S. The highest BCUT2D eigenvalue weighted by molar-refractivity contribution is 7.09. The van der Waals surface area contributed by atoms with Crippen LogP contribution in [-0.2, 0) is 11.4 Å². The summed E-state index contributed by atoms with van der Waals surface area (Å²) >= 11 is 1.42. The van der Waals surface area contributed by atoms with E-state index in [2.05, 4.69) is 22.5 Å². The van der Waals surface area contributed by atoms with Gasteiger partial charge >= 0.3 is 0 Å². The second-order valence-electron chi connectivity index (χ2n) is 7.72. The van der Waals surface area contributed by atoms with Crippen molar-refractivity contribution in [3.8, 4) is 5.75 Å². The monoisotopic (exact) mass is 429 g/mol. The SMILES string of the molecule is CCCCCC(=O)N[C@@H]1CCCC[C@H]1NC(=O)c1csc(COc2ccccc2)n1. The van der Waals surface area contributed by atoms with E-state index in [9.17, 15) is 9.59 Å². The molecule has 7 heteroatoms. The van der Waals surface area contributed by atoms with E-state index in [1.54, 1.807) is 5.38 Å². The van der Waals surface area contributed by atoms with Crippen LogP contribution in [0.5, 0.6) is 5.75 Å². The Morgan fingerprint density at radius 3 is 2.57 bits per heavy atom. The number of hydrogen-bond donors (Lipinski definition) is 2. The Hall–Kier alpha value is -2.41. The van der Waals surface area contributed by atoms with Crippen molar-refractivity contribution in [3.05, 3.63) is 46.4 Å². The Kier molecular flexibility index (Phi) is 8.68. The average Bonchev–Trinajstić information content (AvgIpc) is 3.24. The van der Waals surface area contributed by atoms with Crippen molar-refractivity contribution < 1.29 is 14.3 Å². The highest BCUT2D eigenvalue weighted by Crippen LogP contribution is 2.20. The van der Waals surface area contributed by atoms with E-state index in [4.69, 9.17) is 4.74 Å². The van der Waals surface area contributed by atoms with E-state index in [-0.39, 0.29) is 23.9 Å². The quantitative estimate of drug-likeness (QED) is 0.547. The first-order valence-electron chi connectivity index (χ1n) is 10.9. The molecule has 0 spiro atoms. The topological polar surface area (TPSA) is 80.3 Å². The number of unbranched alkanes of at least 4 members (excludes halogenated alkanes) is 2. The van der Waals surface area contributed by atoms with Crippen molar-refractivity contribution in [2.24, 2.45) is 0 Å². The van der Waals surface area contributed by atoms with E-state index >= 15 is 0 Å². The highest BCUT2D eigenvalue weighted by Gasteiger charge is 2.28. The van der Waals surface area contributed by atoms with Gasteiger partial charge < -0.3 is 15.4 Å². The van der Waals surface area contributed by atoms with Crippen molar-refractivity contribution in [2.75, 3.05) is 0 Å². The predicted octanol–water partition coefficient (Wildman–Crippen LogP) is 4.46. The number of aromatic nitrogens is 1. The molecule has 0 aliphatic heterocycles. The molecule has 0 radical (unpaired) electrons. The van der Waals surface area contributed by atoms with Crippen LogP contribution in [0.1, 0.15) is 73.8 Å². The standard InChI is InChI=1S/C23H31N3O3S/c1-2-3-5-14-21(27)24-18-12-8-9-13-19(18)26-23(28)20-16-30-22(25-20)15-29-17-10-6-4-7-11-17/h4,6-7,10-11,16,18-19H,2-3,5,8-9,12-15H2,1H3,(H,24,27)(H,26,28)/t18-,19-/m1/s1. The van der Waals surface area contributed by atoms with Crippen LogP contribution in [-0.4, -0.2) is 28.9 Å². The Morgan fingerprint density at radius 2 is 1.83 bits per heavy atom. The van der Waals surface area contributed by atoms with Gasteiger partial charge in [0.2, 0.25) is 5.91 Å². The van der Waals surface area contributed by atoms with Crippen LogP contribution in [0.4, 0.5) is 0 Å². The van der Waals surface area contributed by atoms with Gasteiger partial charge in [-0.2, -0.15) is 0 Å². The van der Waals surface area contributed by atoms with Gasteiger partial charge in [0.05, 0.1) is 0 Å². The minimum atomic E-state index is -0.186. The van der Waals surface area contributed by atoms with Crippen molar-refractivity contribution >= 4 is 23.2 Å². The maximum atomic E-state index is 12.7. The lowest BCUT2D eigenvalue weighted by atomic mass is 9.90. The predicted molar refractivity (Wildman–Crippen MR) is 119 cm³/mol. The summed E-state index contributed by atoms with van der Waals surface area (Å²) in [5, 5.41) is 8.75. The number of carbonyl (C=O) groups is 2. The summed E-state index contributed by atoms with van der Waals surface area (Å²) in [5.74, 6) is 0.677. The zero-order valence-corrected chi connectivity index (χ0v) is 18.4. The number of hydrogen-bond acceptors (Lipinski definition) is 5. The molecule has 1 aliphatic carbocycles.